The third-order valence-electron chi connectivity index (χ3n) is 3.01. The van der Waals surface area contributed by atoms with Crippen molar-refractivity contribution < 1.29 is 4.79 Å². The molecule has 0 aliphatic carbocycles. The van der Waals surface area contributed by atoms with Crippen molar-refractivity contribution in [3.8, 4) is 0 Å². The van der Waals surface area contributed by atoms with E-state index in [1.54, 1.807) is 0 Å². The minimum Gasteiger partial charge on any atom is -0.309 e. The smallest absolute Gasteiger partial charge is 0.155 e. The Balaban J connectivity index is 3.03. The Labute approximate surface area is 107 Å². The molecule has 0 saturated carbocycles. The Kier molecular flexibility index (Phi) is 11.4. The monoisotopic (exact) mass is 239 g/mol. The zero-order chi connectivity index (χ0) is 12.9. The van der Waals surface area contributed by atoms with Crippen molar-refractivity contribution >= 4 is 5.78 Å². The molecule has 0 aromatic rings. The maximum Gasteiger partial charge on any atom is 0.155 e. The molecule has 17 heavy (non-hydrogen) atoms. The normalized spacial score (nSPS) is 10.8. The number of carbonyl (C=O) groups is 1. The number of allylic oxidation sites excluding steroid dienone is 1. The largest absolute Gasteiger partial charge is 0.309 e. The average Bonchev–Trinajstić information content (AvgIpc) is 2.30. The van der Waals surface area contributed by atoms with Gasteiger partial charge >= 0.3 is 0 Å². The molecule has 0 unspecified atom stereocenters. The van der Waals surface area contributed by atoms with Gasteiger partial charge in [0.1, 0.15) is 0 Å². The first kappa shape index (κ1) is 16.4. The minimum absolute atomic E-state index is 0.189. The molecule has 0 saturated heterocycles. The minimum atomic E-state index is 0.189. The van der Waals surface area contributed by atoms with Crippen molar-refractivity contribution in [2.24, 2.45) is 0 Å². The molecule has 0 fully saturated rings. The molecule has 100 valence electrons. The maximum absolute atomic E-state index is 11.0. The molecule has 0 aliphatic rings. The Morgan fingerprint density at radius 2 is 1.41 bits per heavy atom. The fraction of sp³-hybridized carbons (Fsp3) is 0.800. The standard InChI is InChI=1S/C15H29NO/c1-4-15(17)13-11-9-7-5-6-8-10-12-14-16(2)3/h4H,1,5-14H2,2-3H3. The van der Waals surface area contributed by atoms with Crippen LogP contribution in [0.3, 0.4) is 0 Å². The van der Waals surface area contributed by atoms with Gasteiger partial charge in [-0.25, -0.2) is 0 Å². The second-order valence-electron chi connectivity index (χ2n) is 5.05. The van der Waals surface area contributed by atoms with E-state index in [0.717, 1.165) is 6.42 Å². The predicted octanol–water partition coefficient (Wildman–Crippen LogP) is 3.81. The summed E-state index contributed by atoms with van der Waals surface area (Å²) in [4.78, 5) is 13.2. The first-order chi connectivity index (χ1) is 8.16. The molecule has 0 aliphatic heterocycles. The van der Waals surface area contributed by atoms with Crippen LogP contribution >= 0.6 is 0 Å². The van der Waals surface area contributed by atoms with Crippen LogP contribution in [0.2, 0.25) is 0 Å². The van der Waals surface area contributed by atoms with E-state index < -0.39 is 0 Å². The number of hydrogen-bond acceptors (Lipinski definition) is 2. The first-order valence-electron chi connectivity index (χ1n) is 6.97. The molecule has 0 radical (unpaired) electrons. The third kappa shape index (κ3) is 13.3. The lowest BCUT2D eigenvalue weighted by atomic mass is 10.1. The molecular weight excluding hydrogens is 210 g/mol. The summed E-state index contributed by atoms with van der Waals surface area (Å²) in [6.07, 6.45) is 12.3. The van der Waals surface area contributed by atoms with Crippen LogP contribution in [0.15, 0.2) is 12.7 Å². The Morgan fingerprint density at radius 1 is 0.941 bits per heavy atom. The van der Waals surface area contributed by atoms with Crippen LogP contribution in [-0.2, 0) is 4.79 Å². The van der Waals surface area contributed by atoms with Crippen LogP contribution in [-0.4, -0.2) is 31.3 Å². The van der Waals surface area contributed by atoms with Gasteiger partial charge in [-0.2, -0.15) is 0 Å². The molecule has 2 heteroatoms. The van der Waals surface area contributed by atoms with Gasteiger partial charge in [-0.05, 0) is 39.6 Å². The van der Waals surface area contributed by atoms with Gasteiger partial charge in [0.25, 0.3) is 0 Å². The molecule has 0 amide bonds. The molecule has 0 aromatic heterocycles. The number of rotatable bonds is 12. The van der Waals surface area contributed by atoms with Crippen molar-refractivity contribution in [1.82, 2.24) is 4.90 Å². The van der Waals surface area contributed by atoms with Gasteiger partial charge in [-0.3, -0.25) is 4.79 Å². The van der Waals surface area contributed by atoms with E-state index in [1.807, 2.05) is 0 Å². The van der Waals surface area contributed by atoms with Gasteiger partial charge in [-0.15, -0.1) is 0 Å². The van der Waals surface area contributed by atoms with Crippen molar-refractivity contribution in [3.63, 3.8) is 0 Å². The van der Waals surface area contributed by atoms with E-state index in [2.05, 4.69) is 25.6 Å². The van der Waals surface area contributed by atoms with Gasteiger partial charge in [0.05, 0.1) is 0 Å². The highest BCUT2D eigenvalue weighted by Gasteiger charge is 1.96. The van der Waals surface area contributed by atoms with Crippen LogP contribution < -0.4 is 0 Å². The number of ketones is 1. The average molecular weight is 239 g/mol. The first-order valence-corrected chi connectivity index (χ1v) is 6.97. The summed E-state index contributed by atoms with van der Waals surface area (Å²) in [5.74, 6) is 0.189. The SMILES string of the molecule is C=CC(=O)CCCCCCCCCCN(C)C. The topological polar surface area (TPSA) is 20.3 Å². The zero-order valence-corrected chi connectivity index (χ0v) is 11.7. The summed E-state index contributed by atoms with van der Waals surface area (Å²) >= 11 is 0. The van der Waals surface area contributed by atoms with Crippen LogP contribution in [0.5, 0.6) is 0 Å². The van der Waals surface area contributed by atoms with E-state index in [0.29, 0.717) is 6.42 Å². The summed E-state index contributed by atoms with van der Waals surface area (Å²) in [7, 11) is 4.26. The molecule has 0 heterocycles. The molecule has 0 atom stereocenters. The van der Waals surface area contributed by atoms with Crippen LogP contribution in [0.1, 0.15) is 57.8 Å². The van der Waals surface area contributed by atoms with Gasteiger partial charge < -0.3 is 4.90 Å². The molecule has 2 nitrogen and oxygen atoms in total. The van der Waals surface area contributed by atoms with Gasteiger partial charge in [-0.1, -0.05) is 45.1 Å². The zero-order valence-electron chi connectivity index (χ0n) is 11.7. The highest BCUT2D eigenvalue weighted by Crippen LogP contribution is 2.10. The summed E-state index contributed by atoms with van der Waals surface area (Å²) in [5.41, 5.74) is 0. The summed E-state index contributed by atoms with van der Waals surface area (Å²) < 4.78 is 0. The van der Waals surface area contributed by atoms with Crippen molar-refractivity contribution in [2.75, 3.05) is 20.6 Å². The quantitative estimate of drug-likeness (QED) is 0.381. The maximum atomic E-state index is 11.0. The summed E-state index contributed by atoms with van der Waals surface area (Å²) in [6.45, 7) is 4.69. The second-order valence-corrected chi connectivity index (χ2v) is 5.05. The van der Waals surface area contributed by atoms with Crippen molar-refractivity contribution in [2.45, 2.75) is 57.8 Å². The lowest BCUT2D eigenvalue weighted by molar-refractivity contribution is -0.114. The second kappa shape index (κ2) is 11.8. The van der Waals surface area contributed by atoms with Crippen LogP contribution in [0.25, 0.3) is 0 Å². The Hall–Kier alpha value is -0.630. The molecular formula is C15H29NO. The van der Waals surface area contributed by atoms with Crippen molar-refractivity contribution in [3.05, 3.63) is 12.7 Å². The Bertz CT molecular complexity index is 199. The predicted molar refractivity (Wildman–Crippen MR) is 75.3 cm³/mol. The molecule has 0 rings (SSSR count). The van der Waals surface area contributed by atoms with Gasteiger partial charge in [0.2, 0.25) is 0 Å². The van der Waals surface area contributed by atoms with E-state index in [-0.39, 0.29) is 5.78 Å². The van der Waals surface area contributed by atoms with E-state index in [9.17, 15) is 4.79 Å². The summed E-state index contributed by atoms with van der Waals surface area (Å²) in [6, 6.07) is 0. The lowest BCUT2D eigenvalue weighted by Crippen LogP contribution is -2.12. The number of hydrogen-bond donors (Lipinski definition) is 0. The van der Waals surface area contributed by atoms with E-state index in [1.165, 1.54) is 57.6 Å². The van der Waals surface area contributed by atoms with Gasteiger partial charge in [0.15, 0.2) is 5.78 Å². The van der Waals surface area contributed by atoms with Crippen molar-refractivity contribution in [1.29, 1.82) is 0 Å². The fourth-order valence-corrected chi connectivity index (χ4v) is 1.89. The van der Waals surface area contributed by atoms with Crippen LogP contribution in [0.4, 0.5) is 0 Å². The molecule has 0 spiro atoms. The molecule has 0 aromatic carbocycles. The van der Waals surface area contributed by atoms with E-state index >= 15 is 0 Å². The van der Waals surface area contributed by atoms with E-state index in [4.69, 9.17) is 0 Å². The Morgan fingerprint density at radius 3 is 1.88 bits per heavy atom. The highest BCUT2D eigenvalue weighted by atomic mass is 16.1. The molecule has 0 bridgehead atoms. The number of nitrogens with zero attached hydrogens (tertiary/aromatic N) is 1. The summed E-state index contributed by atoms with van der Waals surface area (Å²) in [5, 5.41) is 0. The third-order valence-corrected chi connectivity index (χ3v) is 3.01. The van der Waals surface area contributed by atoms with Crippen LogP contribution in [0, 0.1) is 0 Å². The highest BCUT2D eigenvalue weighted by molar-refractivity contribution is 5.88. The molecule has 0 N–H and O–H groups in total. The lowest BCUT2D eigenvalue weighted by Gasteiger charge is -2.08. The number of unbranched alkanes of at least 4 members (excludes halogenated alkanes) is 7. The fourth-order valence-electron chi connectivity index (χ4n) is 1.89. The number of carbonyl (C=O) groups excluding carboxylic acids is 1. The van der Waals surface area contributed by atoms with Gasteiger partial charge in [0, 0.05) is 6.42 Å².